The summed E-state index contributed by atoms with van der Waals surface area (Å²) in [6.45, 7) is 12.3. The molecule has 1 atom stereocenters. The highest BCUT2D eigenvalue weighted by Gasteiger charge is 2.57. The van der Waals surface area contributed by atoms with E-state index in [4.69, 9.17) is 4.74 Å². The molecule has 0 aromatic carbocycles. The van der Waals surface area contributed by atoms with E-state index in [0.717, 1.165) is 25.8 Å². The Bertz CT molecular complexity index is 478. The quantitative estimate of drug-likeness (QED) is 0.718. The lowest BCUT2D eigenvalue weighted by Crippen LogP contribution is -2.41. The van der Waals surface area contributed by atoms with Gasteiger partial charge in [-0.3, -0.25) is 0 Å². The molecule has 2 rings (SSSR count). The SMILES string of the molecule is C=C/C=C\C(=C/C)C1CN(C(=O)OC(C)(C)C)C2(CC2)C1. The molecule has 21 heavy (non-hydrogen) atoms. The summed E-state index contributed by atoms with van der Waals surface area (Å²) in [4.78, 5) is 14.4. The monoisotopic (exact) mass is 289 g/mol. The maximum absolute atomic E-state index is 12.4. The van der Waals surface area contributed by atoms with E-state index in [1.807, 2.05) is 31.7 Å². The molecule has 1 amide bonds. The Morgan fingerprint density at radius 2 is 2.05 bits per heavy atom. The van der Waals surface area contributed by atoms with Crippen LogP contribution in [-0.4, -0.2) is 28.7 Å². The third-order valence-electron chi connectivity index (χ3n) is 4.27. The molecule has 0 radical (unpaired) electrons. The molecule has 1 aliphatic heterocycles. The average molecular weight is 289 g/mol. The molecule has 2 aliphatic rings. The van der Waals surface area contributed by atoms with Crippen LogP contribution in [0, 0.1) is 5.92 Å². The average Bonchev–Trinajstić information content (AvgIpc) is 3.02. The van der Waals surface area contributed by atoms with Gasteiger partial charge in [-0.05, 0) is 52.5 Å². The molecule has 0 N–H and O–H groups in total. The molecule has 1 saturated heterocycles. The van der Waals surface area contributed by atoms with Crippen LogP contribution in [0.25, 0.3) is 0 Å². The molecule has 1 aliphatic carbocycles. The lowest BCUT2D eigenvalue weighted by atomic mass is 9.94. The Labute approximate surface area is 128 Å². The summed E-state index contributed by atoms with van der Waals surface area (Å²) in [6, 6.07) is 0. The molecule has 1 spiro atoms. The van der Waals surface area contributed by atoms with Gasteiger partial charge in [-0.15, -0.1) is 0 Å². The fourth-order valence-electron chi connectivity index (χ4n) is 3.12. The number of amides is 1. The molecule has 0 bridgehead atoms. The predicted molar refractivity (Wildman–Crippen MR) is 86.1 cm³/mol. The van der Waals surface area contributed by atoms with Crippen molar-refractivity contribution in [1.82, 2.24) is 4.90 Å². The Balaban J connectivity index is 2.10. The van der Waals surface area contributed by atoms with Crippen molar-refractivity contribution in [3.05, 3.63) is 36.5 Å². The zero-order valence-electron chi connectivity index (χ0n) is 13.7. The molecule has 0 aromatic heterocycles. The third kappa shape index (κ3) is 3.58. The highest BCUT2D eigenvalue weighted by molar-refractivity contribution is 5.70. The first kappa shape index (κ1) is 15.9. The molecular formula is C18H27NO2. The Morgan fingerprint density at radius 1 is 1.38 bits per heavy atom. The van der Waals surface area contributed by atoms with Gasteiger partial charge in [0.1, 0.15) is 5.60 Å². The molecular weight excluding hydrogens is 262 g/mol. The topological polar surface area (TPSA) is 29.5 Å². The van der Waals surface area contributed by atoms with Crippen molar-refractivity contribution in [2.45, 2.75) is 58.1 Å². The van der Waals surface area contributed by atoms with Gasteiger partial charge in [0.25, 0.3) is 0 Å². The normalized spacial score (nSPS) is 24.7. The van der Waals surface area contributed by atoms with Gasteiger partial charge in [0, 0.05) is 18.0 Å². The predicted octanol–water partition coefficient (Wildman–Crippen LogP) is 4.46. The van der Waals surface area contributed by atoms with Crippen LogP contribution in [0.2, 0.25) is 0 Å². The molecule has 2 fully saturated rings. The smallest absolute Gasteiger partial charge is 0.410 e. The number of carbonyl (C=O) groups is 1. The maximum atomic E-state index is 12.4. The zero-order chi connectivity index (χ0) is 15.7. The lowest BCUT2D eigenvalue weighted by Gasteiger charge is -2.28. The van der Waals surface area contributed by atoms with Gasteiger partial charge in [0.05, 0.1) is 0 Å². The summed E-state index contributed by atoms with van der Waals surface area (Å²) in [5.41, 5.74) is 0.910. The fraction of sp³-hybridized carbons (Fsp3) is 0.611. The summed E-state index contributed by atoms with van der Waals surface area (Å²) in [7, 11) is 0. The molecule has 1 saturated carbocycles. The number of ether oxygens (including phenoxy) is 1. The molecule has 3 nitrogen and oxygen atoms in total. The van der Waals surface area contributed by atoms with Crippen molar-refractivity contribution in [3.8, 4) is 0 Å². The first-order valence-electron chi connectivity index (χ1n) is 7.77. The van der Waals surface area contributed by atoms with Crippen LogP contribution in [0.4, 0.5) is 4.79 Å². The van der Waals surface area contributed by atoms with Crippen molar-refractivity contribution >= 4 is 6.09 Å². The van der Waals surface area contributed by atoms with E-state index >= 15 is 0 Å². The van der Waals surface area contributed by atoms with E-state index in [1.54, 1.807) is 6.08 Å². The van der Waals surface area contributed by atoms with Crippen LogP contribution in [-0.2, 0) is 4.74 Å². The van der Waals surface area contributed by atoms with Crippen LogP contribution in [0.5, 0.6) is 0 Å². The van der Waals surface area contributed by atoms with Crippen LogP contribution in [0.1, 0.15) is 47.0 Å². The standard InChI is InChI=1S/C18H27NO2/c1-6-8-9-14(7-2)15-12-18(10-11-18)19(13-15)16(20)21-17(3,4)5/h6-9,15H,1,10-13H2,2-5H3/b9-8-,14-7+. The molecule has 1 heterocycles. The van der Waals surface area contributed by atoms with Gasteiger partial charge in [0.15, 0.2) is 0 Å². The van der Waals surface area contributed by atoms with E-state index in [-0.39, 0.29) is 11.6 Å². The second-order valence-corrected chi connectivity index (χ2v) is 7.10. The first-order chi connectivity index (χ1) is 9.81. The van der Waals surface area contributed by atoms with Crippen LogP contribution in [0.15, 0.2) is 36.5 Å². The highest BCUT2D eigenvalue weighted by atomic mass is 16.6. The van der Waals surface area contributed by atoms with E-state index < -0.39 is 5.60 Å². The minimum atomic E-state index is -0.433. The first-order valence-corrected chi connectivity index (χ1v) is 7.77. The number of allylic oxidation sites excluding steroid dienone is 4. The Kier molecular flexibility index (Phi) is 4.31. The van der Waals surface area contributed by atoms with Crippen molar-refractivity contribution in [1.29, 1.82) is 0 Å². The van der Waals surface area contributed by atoms with E-state index in [0.29, 0.717) is 5.92 Å². The van der Waals surface area contributed by atoms with E-state index in [2.05, 4.69) is 25.7 Å². The van der Waals surface area contributed by atoms with Crippen molar-refractivity contribution in [2.75, 3.05) is 6.54 Å². The molecule has 1 unspecified atom stereocenters. The van der Waals surface area contributed by atoms with Crippen molar-refractivity contribution in [2.24, 2.45) is 5.92 Å². The van der Waals surface area contributed by atoms with Crippen LogP contribution >= 0.6 is 0 Å². The van der Waals surface area contributed by atoms with Crippen molar-refractivity contribution < 1.29 is 9.53 Å². The number of likely N-dealkylation sites (tertiary alicyclic amines) is 1. The van der Waals surface area contributed by atoms with Gasteiger partial charge >= 0.3 is 6.09 Å². The fourth-order valence-corrected chi connectivity index (χ4v) is 3.12. The zero-order valence-corrected chi connectivity index (χ0v) is 13.7. The van der Waals surface area contributed by atoms with E-state index in [1.165, 1.54) is 5.57 Å². The minimum absolute atomic E-state index is 0.0588. The summed E-state index contributed by atoms with van der Waals surface area (Å²) in [5, 5.41) is 0. The molecule has 116 valence electrons. The molecule has 3 heteroatoms. The number of carbonyl (C=O) groups excluding carboxylic acids is 1. The van der Waals surface area contributed by atoms with Gasteiger partial charge in [0.2, 0.25) is 0 Å². The van der Waals surface area contributed by atoms with Crippen LogP contribution in [0.3, 0.4) is 0 Å². The van der Waals surface area contributed by atoms with Gasteiger partial charge in [-0.1, -0.05) is 30.9 Å². The highest BCUT2D eigenvalue weighted by Crippen LogP contribution is 2.53. The van der Waals surface area contributed by atoms with E-state index in [9.17, 15) is 4.79 Å². The largest absolute Gasteiger partial charge is 0.444 e. The molecule has 0 aromatic rings. The summed E-state index contributed by atoms with van der Waals surface area (Å²) < 4.78 is 5.57. The summed E-state index contributed by atoms with van der Waals surface area (Å²) >= 11 is 0. The van der Waals surface area contributed by atoms with Gasteiger partial charge < -0.3 is 9.64 Å². The maximum Gasteiger partial charge on any atom is 0.410 e. The van der Waals surface area contributed by atoms with Gasteiger partial charge in [-0.2, -0.15) is 0 Å². The Morgan fingerprint density at radius 3 is 2.52 bits per heavy atom. The third-order valence-corrected chi connectivity index (χ3v) is 4.27. The number of nitrogens with zero attached hydrogens (tertiary/aromatic N) is 1. The summed E-state index contributed by atoms with van der Waals surface area (Å²) in [5.74, 6) is 0.404. The van der Waals surface area contributed by atoms with Crippen molar-refractivity contribution in [3.63, 3.8) is 0 Å². The van der Waals surface area contributed by atoms with Crippen LogP contribution < -0.4 is 0 Å². The summed E-state index contributed by atoms with van der Waals surface area (Å²) in [6.07, 6.45) is 11.1. The second kappa shape index (κ2) is 5.70. The minimum Gasteiger partial charge on any atom is -0.444 e. The number of hydrogen-bond donors (Lipinski definition) is 0. The van der Waals surface area contributed by atoms with Gasteiger partial charge in [-0.25, -0.2) is 4.79 Å². The number of rotatable bonds is 3. The second-order valence-electron chi connectivity index (χ2n) is 7.10. The number of hydrogen-bond acceptors (Lipinski definition) is 2. The lowest BCUT2D eigenvalue weighted by molar-refractivity contribution is 0.0201. The Hall–Kier alpha value is -1.51.